The Labute approximate surface area is 150 Å². The van der Waals surface area contributed by atoms with Gasteiger partial charge in [0, 0.05) is 12.5 Å². The van der Waals surface area contributed by atoms with E-state index in [2.05, 4.69) is 0 Å². The SMILES string of the molecule is O=C1C=CC[C@H]([C@H](Cc2ccccc2)N2C(=O)c3ccccc3C2=O)O1. The zero-order chi connectivity index (χ0) is 18.1. The van der Waals surface area contributed by atoms with Gasteiger partial charge in [0.2, 0.25) is 0 Å². The molecule has 4 rings (SSSR count). The monoisotopic (exact) mass is 347 g/mol. The second-order valence-corrected chi connectivity index (χ2v) is 6.40. The smallest absolute Gasteiger partial charge is 0.330 e. The summed E-state index contributed by atoms with van der Waals surface area (Å²) < 4.78 is 5.46. The van der Waals surface area contributed by atoms with Crippen LogP contribution in [0.2, 0.25) is 0 Å². The molecule has 0 saturated carbocycles. The Hall–Kier alpha value is -3.21. The molecule has 5 heteroatoms. The molecule has 0 fully saturated rings. The van der Waals surface area contributed by atoms with Gasteiger partial charge in [-0.2, -0.15) is 0 Å². The van der Waals surface area contributed by atoms with Crippen molar-refractivity contribution in [2.45, 2.75) is 25.0 Å². The number of benzene rings is 2. The third kappa shape index (κ3) is 2.81. The van der Waals surface area contributed by atoms with Crippen molar-refractivity contribution in [2.24, 2.45) is 0 Å². The maximum atomic E-state index is 12.9. The van der Waals surface area contributed by atoms with Gasteiger partial charge in [-0.05, 0) is 24.1 Å². The fraction of sp³-hybridized carbons (Fsp3) is 0.190. The van der Waals surface area contributed by atoms with Crippen LogP contribution in [-0.4, -0.2) is 34.8 Å². The standard InChI is InChI=1S/C21H17NO4/c23-19-12-6-11-18(26-19)17(13-14-7-2-1-3-8-14)22-20(24)15-9-4-5-10-16(15)21(22)25/h1-10,12,17-18H,11,13H2/t17-,18+/m0/s1. The average molecular weight is 347 g/mol. The first-order chi connectivity index (χ1) is 12.6. The molecule has 2 atom stereocenters. The maximum absolute atomic E-state index is 12.9. The molecule has 5 nitrogen and oxygen atoms in total. The van der Waals surface area contributed by atoms with Gasteiger partial charge in [-0.1, -0.05) is 48.5 Å². The lowest BCUT2D eigenvalue weighted by Gasteiger charge is -2.33. The highest BCUT2D eigenvalue weighted by Crippen LogP contribution is 2.29. The zero-order valence-corrected chi connectivity index (χ0v) is 14.0. The Balaban J connectivity index is 1.71. The quantitative estimate of drug-likeness (QED) is 0.630. The van der Waals surface area contributed by atoms with E-state index in [4.69, 9.17) is 4.74 Å². The molecule has 2 amide bonds. The Morgan fingerprint density at radius 1 is 0.923 bits per heavy atom. The number of fused-ring (bicyclic) bond motifs is 1. The highest BCUT2D eigenvalue weighted by molar-refractivity contribution is 6.21. The fourth-order valence-corrected chi connectivity index (χ4v) is 3.52. The molecule has 0 aromatic heterocycles. The van der Waals surface area contributed by atoms with Crippen molar-refractivity contribution in [3.05, 3.63) is 83.4 Å². The van der Waals surface area contributed by atoms with Gasteiger partial charge in [-0.15, -0.1) is 0 Å². The van der Waals surface area contributed by atoms with Crippen molar-refractivity contribution >= 4 is 17.8 Å². The van der Waals surface area contributed by atoms with E-state index in [1.165, 1.54) is 11.0 Å². The van der Waals surface area contributed by atoms with Crippen LogP contribution in [0.1, 0.15) is 32.7 Å². The Morgan fingerprint density at radius 3 is 2.15 bits per heavy atom. The number of carbonyl (C=O) groups excluding carboxylic acids is 3. The van der Waals surface area contributed by atoms with Gasteiger partial charge in [0.05, 0.1) is 17.2 Å². The van der Waals surface area contributed by atoms with E-state index in [0.29, 0.717) is 24.0 Å². The Bertz CT molecular complexity index is 868. The summed E-state index contributed by atoms with van der Waals surface area (Å²) in [5, 5.41) is 0. The van der Waals surface area contributed by atoms with Crippen molar-refractivity contribution in [3.63, 3.8) is 0 Å². The number of ether oxygens (including phenoxy) is 1. The van der Waals surface area contributed by atoms with Gasteiger partial charge in [-0.3, -0.25) is 14.5 Å². The Morgan fingerprint density at radius 2 is 1.54 bits per heavy atom. The van der Waals surface area contributed by atoms with E-state index in [1.54, 1.807) is 30.3 Å². The van der Waals surface area contributed by atoms with E-state index in [9.17, 15) is 14.4 Å². The molecule has 2 heterocycles. The van der Waals surface area contributed by atoms with Gasteiger partial charge in [0.1, 0.15) is 6.10 Å². The lowest BCUT2D eigenvalue weighted by molar-refractivity contribution is -0.146. The minimum absolute atomic E-state index is 0.336. The molecule has 2 aliphatic rings. The van der Waals surface area contributed by atoms with Crippen LogP contribution in [0.5, 0.6) is 0 Å². The molecule has 2 aromatic carbocycles. The van der Waals surface area contributed by atoms with E-state index >= 15 is 0 Å². The lowest BCUT2D eigenvalue weighted by atomic mass is 9.96. The number of esters is 1. The minimum atomic E-state index is -0.560. The number of hydrogen-bond acceptors (Lipinski definition) is 4. The van der Waals surface area contributed by atoms with Crippen LogP contribution >= 0.6 is 0 Å². The van der Waals surface area contributed by atoms with Crippen molar-refractivity contribution in [2.75, 3.05) is 0 Å². The van der Waals surface area contributed by atoms with Crippen LogP contribution in [0.15, 0.2) is 66.7 Å². The van der Waals surface area contributed by atoms with Gasteiger partial charge in [0.15, 0.2) is 0 Å². The van der Waals surface area contributed by atoms with Crippen LogP contribution in [0.4, 0.5) is 0 Å². The van der Waals surface area contributed by atoms with E-state index < -0.39 is 18.1 Å². The molecule has 0 saturated heterocycles. The number of carbonyl (C=O) groups is 3. The van der Waals surface area contributed by atoms with E-state index in [1.807, 2.05) is 30.3 Å². The lowest BCUT2D eigenvalue weighted by Crippen LogP contribution is -2.50. The van der Waals surface area contributed by atoms with E-state index in [0.717, 1.165) is 5.56 Å². The van der Waals surface area contributed by atoms with Crippen LogP contribution < -0.4 is 0 Å². The van der Waals surface area contributed by atoms with Crippen LogP contribution in [0, 0.1) is 0 Å². The largest absolute Gasteiger partial charge is 0.457 e. The third-order valence-corrected chi connectivity index (χ3v) is 4.76. The number of hydrogen-bond donors (Lipinski definition) is 0. The molecule has 0 N–H and O–H groups in total. The van der Waals surface area contributed by atoms with Crippen molar-refractivity contribution in [1.82, 2.24) is 4.90 Å². The zero-order valence-electron chi connectivity index (χ0n) is 14.0. The third-order valence-electron chi connectivity index (χ3n) is 4.76. The number of amides is 2. The summed E-state index contributed by atoms with van der Waals surface area (Å²) in [5.41, 5.74) is 1.76. The van der Waals surface area contributed by atoms with E-state index in [-0.39, 0.29) is 11.8 Å². The van der Waals surface area contributed by atoms with Gasteiger partial charge in [0.25, 0.3) is 11.8 Å². The highest BCUT2D eigenvalue weighted by atomic mass is 16.5. The number of rotatable bonds is 4. The molecule has 0 spiro atoms. The topological polar surface area (TPSA) is 63.7 Å². The highest BCUT2D eigenvalue weighted by Gasteiger charge is 2.43. The van der Waals surface area contributed by atoms with Crippen molar-refractivity contribution < 1.29 is 19.1 Å². The summed E-state index contributed by atoms with van der Waals surface area (Å²) in [6.07, 6.45) is 3.44. The first-order valence-electron chi connectivity index (χ1n) is 8.53. The normalized spacial score (nSPS) is 20.1. The van der Waals surface area contributed by atoms with Gasteiger partial charge < -0.3 is 4.74 Å². The predicted octanol–water partition coefficient (Wildman–Crippen LogP) is 2.77. The predicted molar refractivity (Wildman–Crippen MR) is 94.5 cm³/mol. The van der Waals surface area contributed by atoms with Crippen molar-refractivity contribution in [1.29, 1.82) is 0 Å². The summed E-state index contributed by atoms with van der Waals surface area (Å²) in [6, 6.07) is 15.8. The minimum Gasteiger partial charge on any atom is -0.457 e. The first-order valence-corrected chi connectivity index (χ1v) is 8.53. The molecule has 0 unspecified atom stereocenters. The number of imide groups is 1. The summed E-state index contributed by atoms with van der Waals surface area (Å²) >= 11 is 0. The molecular weight excluding hydrogens is 330 g/mol. The molecule has 0 aliphatic carbocycles. The Kier molecular flexibility index (Phi) is 4.13. The molecular formula is C21H17NO4. The molecule has 2 aromatic rings. The summed E-state index contributed by atoms with van der Waals surface area (Å²) in [4.78, 5) is 38.8. The van der Waals surface area contributed by atoms with Gasteiger partial charge in [-0.25, -0.2) is 4.79 Å². The number of cyclic esters (lactones) is 1. The molecule has 2 aliphatic heterocycles. The van der Waals surface area contributed by atoms with Crippen molar-refractivity contribution in [3.8, 4) is 0 Å². The number of nitrogens with zero attached hydrogens (tertiary/aromatic N) is 1. The van der Waals surface area contributed by atoms with Crippen LogP contribution in [0.25, 0.3) is 0 Å². The van der Waals surface area contributed by atoms with Gasteiger partial charge >= 0.3 is 5.97 Å². The average Bonchev–Trinajstić information content (AvgIpc) is 2.92. The second kappa shape index (κ2) is 6.59. The fourth-order valence-electron chi connectivity index (χ4n) is 3.52. The first kappa shape index (κ1) is 16.3. The van der Waals surface area contributed by atoms with Crippen LogP contribution in [0.3, 0.4) is 0 Å². The molecule has 26 heavy (non-hydrogen) atoms. The molecule has 0 bridgehead atoms. The summed E-state index contributed by atoms with van der Waals surface area (Å²) in [7, 11) is 0. The molecule has 130 valence electrons. The maximum Gasteiger partial charge on any atom is 0.330 e. The second-order valence-electron chi connectivity index (χ2n) is 6.40. The summed E-state index contributed by atoms with van der Waals surface area (Å²) in [6.45, 7) is 0. The van der Waals surface area contributed by atoms with Crippen LogP contribution in [-0.2, 0) is 16.0 Å². The summed E-state index contributed by atoms with van der Waals surface area (Å²) in [5.74, 6) is -1.12. The molecule has 0 radical (unpaired) electrons.